The molecule has 0 radical (unpaired) electrons. The topological polar surface area (TPSA) is 84.5 Å². The van der Waals surface area contributed by atoms with Crippen LogP contribution >= 0.6 is 0 Å². The molecule has 6 heteroatoms. The highest BCUT2D eigenvalue weighted by atomic mass is 16.5. The van der Waals surface area contributed by atoms with Crippen LogP contribution in [0.2, 0.25) is 0 Å². The van der Waals surface area contributed by atoms with E-state index in [2.05, 4.69) is 16.7 Å². The minimum absolute atomic E-state index is 0.138. The van der Waals surface area contributed by atoms with E-state index < -0.39 is 24.0 Å². The van der Waals surface area contributed by atoms with Gasteiger partial charge in [-0.3, -0.25) is 9.59 Å². The Kier molecular flexibility index (Phi) is 6.90. The van der Waals surface area contributed by atoms with Crippen LogP contribution in [0.5, 0.6) is 0 Å². The molecule has 162 valence electrons. The number of rotatable bonds is 7. The molecule has 0 aromatic heterocycles. The molecule has 0 aliphatic carbocycles. The number of carbonyl (C=O) groups is 3. The van der Waals surface area contributed by atoms with E-state index in [0.717, 1.165) is 27.1 Å². The molecule has 0 saturated carbocycles. The maximum atomic E-state index is 12.9. The van der Waals surface area contributed by atoms with Gasteiger partial charge in [-0.2, -0.15) is 0 Å². The summed E-state index contributed by atoms with van der Waals surface area (Å²) in [5.74, 6) is -1.38. The molecule has 0 bridgehead atoms. The van der Waals surface area contributed by atoms with Gasteiger partial charge in [0.2, 0.25) is 11.8 Å². The van der Waals surface area contributed by atoms with Crippen LogP contribution in [0.15, 0.2) is 54.6 Å². The van der Waals surface area contributed by atoms with Gasteiger partial charge in [-0.1, -0.05) is 62.4 Å². The predicted octanol–water partition coefficient (Wildman–Crippen LogP) is 3.35. The molecule has 3 aromatic rings. The molecule has 0 saturated heterocycles. The van der Waals surface area contributed by atoms with Crippen molar-refractivity contribution in [2.75, 3.05) is 7.11 Å². The average molecular weight is 421 g/mol. The monoisotopic (exact) mass is 420 g/mol. The number of hydrogen-bond acceptors (Lipinski definition) is 4. The maximum Gasteiger partial charge on any atom is 0.328 e. The molecule has 0 aliphatic heterocycles. The van der Waals surface area contributed by atoms with Crippen molar-refractivity contribution in [3.8, 4) is 0 Å². The Labute approximate surface area is 182 Å². The molecule has 0 heterocycles. The van der Waals surface area contributed by atoms with Crippen molar-refractivity contribution in [1.29, 1.82) is 0 Å². The second-order valence-electron chi connectivity index (χ2n) is 8.01. The molecule has 0 aliphatic rings. The van der Waals surface area contributed by atoms with Crippen molar-refractivity contribution in [2.45, 2.75) is 39.3 Å². The third-order valence-corrected chi connectivity index (χ3v) is 5.40. The first-order valence-corrected chi connectivity index (χ1v) is 10.4. The summed E-state index contributed by atoms with van der Waals surface area (Å²) in [6.07, 6.45) is 0.269. The van der Waals surface area contributed by atoms with Gasteiger partial charge in [-0.05, 0) is 39.1 Å². The van der Waals surface area contributed by atoms with E-state index >= 15 is 0 Å². The number of carbonyl (C=O) groups excluding carboxylic acids is 3. The van der Waals surface area contributed by atoms with Crippen molar-refractivity contribution in [3.63, 3.8) is 0 Å². The number of hydrogen-bond donors (Lipinski definition) is 2. The van der Waals surface area contributed by atoms with Gasteiger partial charge in [0, 0.05) is 13.3 Å². The minimum Gasteiger partial charge on any atom is -0.467 e. The lowest BCUT2D eigenvalue weighted by molar-refractivity contribution is -0.145. The molecule has 0 spiro atoms. The van der Waals surface area contributed by atoms with E-state index in [1.54, 1.807) is 0 Å². The number of amides is 2. The van der Waals surface area contributed by atoms with E-state index in [1.807, 2.05) is 62.4 Å². The van der Waals surface area contributed by atoms with Crippen LogP contribution in [0.3, 0.4) is 0 Å². The predicted molar refractivity (Wildman–Crippen MR) is 122 cm³/mol. The number of fused-ring (bicyclic) bond motifs is 2. The van der Waals surface area contributed by atoms with Gasteiger partial charge < -0.3 is 15.4 Å². The molecule has 3 rings (SSSR count). The summed E-state index contributed by atoms with van der Waals surface area (Å²) in [7, 11) is 1.30. The first-order valence-electron chi connectivity index (χ1n) is 10.4. The smallest absolute Gasteiger partial charge is 0.328 e. The Bertz CT molecular complexity index is 1070. The summed E-state index contributed by atoms with van der Waals surface area (Å²) in [5, 5.41) is 9.63. The van der Waals surface area contributed by atoms with Gasteiger partial charge in [0.1, 0.15) is 12.1 Å². The zero-order valence-corrected chi connectivity index (χ0v) is 18.3. The van der Waals surface area contributed by atoms with Gasteiger partial charge >= 0.3 is 5.97 Å². The van der Waals surface area contributed by atoms with E-state index in [9.17, 15) is 14.4 Å². The Balaban J connectivity index is 2.01. The summed E-state index contributed by atoms with van der Waals surface area (Å²) in [4.78, 5) is 37.1. The Morgan fingerprint density at radius 3 is 1.94 bits per heavy atom. The van der Waals surface area contributed by atoms with E-state index in [0.29, 0.717) is 0 Å². The molecular formula is C25H28N2O4. The van der Waals surface area contributed by atoms with Crippen LogP contribution in [0.4, 0.5) is 0 Å². The van der Waals surface area contributed by atoms with E-state index in [1.165, 1.54) is 14.0 Å². The van der Waals surface area contributed by atoms with Crippen molar-refractivity contribution in [1.82, 2.24) is 10.6 Å². The van der Waals surface area contributed by atoms with Gasteiger partial charge in [0.05, 0.1) is 7.11 Å². The highest BCUT2D eigenvalue weighted by Gasteiger charge is 2.29. The molecule has 6 nitrogen and oxygen atoms in total. The van der Waals surface area contributed by atoms with Crippen molar-refractivity contribution < 1.29 is 19.1 Å². The molecule has 3 aromatic carbocycles. The maximum absolute atomic E-state index is 12.9. The third-order valence-electron chi connectivity index (χ3n) is 5.40. The van der Waals surface area contributed by atoms with Gasteiger partial charge in [-0.25, -0.2) is 4.79 Å². The van der Waals surface area contributed by atoms with Crippen molar-refractivity contribution >= 4 is 39.3 Å². The van der Waals surface area contributed by atoms with Gasteiger partial charge in [0.25, 0.3) is 0 Å². The summed E-state index contributed by atoms with van der Waals surface area (Å²) >= 11 is 0. The zero-order chi connectivity index (χ0) is 22.5. The SMILES string of the molecule is COC(=O)[C@H](Cc1c2ccccc2cc2ccccc12)NC(=O)[C@H](NC(C)=O)C(C)C. The lowest BCUT2D eigenvalue weighted by Gasteiger charge is -2.25. The van der Waals surface area contributed by atoms with E-state index in [-0.39, 0.29) is 18.2 Å². The zero-order valence-electron chi connectivity index (χ0n) is 18.3. The highest BCUT2D eigenvalue weighted by Crippen LogP contribution is 2.29. The van der Waals surface area contributed by atoms with Crippen LogP contribution in [-0.2, 0) is 25.5 Å². The van der Waals surface area contributed by atoms with Crippen LogP contribution in [0.1, 0.15) is 26.3 Å². The van der Waals surface area contributed by atoms with Crippen LogP contribution in [0.25, 0.3) is 21.5 Å². The van der Waals surface area contributed by atoms with Gasteiger partial charge in [0.15, 0.2) is 0 Å². The summed E-state index contributed by atoms with van der Waals surface area (Å²) in [6, 6.07) is 16.4. The second-order valence-corrected chi connectivity index (χ2v) is 8.01. The highest BCUT2D eigenvalue weighted by molar-refractivity contribution is 6.03. The normalized spacial score (nSPS) is 13.1. The Hall–Kier alpha value is -3.41. The first-order chi connectivity index (χ1) is 14.8. The minimum atomic E-state index is -0.887. The molecule has 2 atom stereocenters. The second kappa shape index (κ2) is 9.60. The molecule has 0 unspecified atom stereocenters. The van der Waals surface area contributed by atoms with E-state index in [4.69, 9.17) is 4.74 Å². The van der Waals surface area contributed by atoms with Crippen molar-refractivity contribution in [2.24, 2.45) is 5.92 Å². The molecule has 0 fully saturated rings. The number of esters is 1. The average Bonchev–Trinajstić information content (AvgIpc) is 2.75. The molecule has 2 amide bonds. The number of nitrogens with one attached hydrogen (secondary N) is 2. The summed E-state index contributed by atoms with van der Waals surface area (Å²) < 4.78 is 4.99. The van der Waals surface area contributed by atoms with Crippen LogP contribution in [-0.4, -0.2) is 37.0 Å². The Morgan fingerprint density at radius 2 is 1.45 bits per heavy atom. The third kappa shape index (κ3) is 5.02. The lowest BCUT2D eigenvalue weighted by Crippen LogP contribution is -2.54. The molecular weight excluding hydrogens is 392 g/mol. The van der Waals surface area contributed by atoms with Crippen LogP contribution in [0, 0.1) is 5.92 Å². The fraction of sp³-hybridized carbons (Fsp3) is 0.320. The number of ether oxygens (including phenoxy) is 1. The number of benzene rings is 3. The van der Waals surface area contributed by atoms with Crippen LogP contribution < -0.4 is 10.6 Å². The standard InChI is InChI=1S/C25H28N2O4/c1-15(2)23(26-16(3)28)24(29)27-22(25(30)31-4)14-21-19-11-7-5-9-17(19)13-18-10-6-8-12-20(18)21/h5-13,15,22-23H,14H2,1-4H3,(H,26,28)(H,27,29)/t22-,23+/m0/s1. The van der Waals surface area contributed by atoms with Gasteiger partial charge in [-0.15, -0.1) is 0 Å². The fourth-order valence-corrected chi connectivity index (χ4v) is 3.88. The summed E-state index contributed by atoms with van der Waals surface area (Å²) in [5.41, 5.74) is 0.963. The first kappa shape index (κ1) is 22.3. The molecule has 31 heavy (non-hydrogen) atoms. The van der Waals surface area contributed by atoms with Crippen molar-refractivity contribution in [3.05, 3.63) is 60.2 Å². The summed E-state index contributed by atoms with van der Waals surface area (Å²) in [6.45, 7) is 5.04. The largest absolute Gasteiger partial charge is 0.467 e. The Morgan fingerprint density at radius 1 is 0.903 bits per heavy atom. The lowest BCUT2D eigenvalue weighted by atomic mass is 9.92. The quantitative estimate of drug-likeness (QED) is 0.453. The number of methoxy groups -OCH3 is 1. The fourth-order valence-electron chi connectivity index (χ4n) is 3.88. The molecule has 2 N–H and O–H groups in total.